The normalized spacial score (nSPS) is 28.8. The summed E-state index contributed by atoms with van der Waals surface area (Å²) in [4.78, 5) is 57.5. The number of benzene rings is 1. The molecule has 0 spiro atoms. The molecule has 0 saturated carbocycles. The molecular formula is C29H37BN4O7. The molecule has 0 unspecified atom stereocenters. The molecule has 3 aliphatic rings. The lowest BCUT2D eigenvalue weighted by Gasteiger charge is -2.52. The van der Waals surface area contributed by atoms with Crippen LogP contribution in [0.1, 0.15) is 44.1 Å². The maximum atomic E-state index is 13.8. The number of pyridine rings is 1. The third-order valence-corrected chi connectivity index (χ3v) is 8.91. The molecule has 2 aromatic rings. The number of aromatic nitrogens is 1. The Balaban J connectivity index is 1.40. The SMILES string of the molecule is CC(C)C[C@H](CC(=O)[C@@H](NC(=O)c1cccc(-c2ccccc2)n1)[C@@H](C)O)[B-]12OC(=O)[C@H]3CNC[C@H](C(=O)O1)[N+]32C. The van der Waals surface area contributed by atoms with Crippen LogP contribution in [0.5, 0.6) is 0 Å². The van der Waals surface area contributed by atoms with Crippen molar-refractivity contribution >= 4 is 30.3 Å². The van der Waals surface area contributed by atoms with Gasteiger partial charge in [-0.1, -0.05) is 56.7 Å². The van der Waals surface area contributed by atoms with Crippen molar-refractivity contribution in [1.82, 2.24) is 15.6 Å². The van der Waals surface area contributed by atoms with Crippen LogP contribution in [-0.4, -0.2) is 89.2 Å². The lowest BCUT2D eigenvalue weighted by atomic mass is 9.51. The smallest absolute Gasteiger partial charge is 0.587 e. The van der Waals surface area contributed by atoms with Gasteiger partial charge in [0.05, 0.1) is 24.9 Å². The highest BCUT2D eigenvalue weighted by molar-refractivity contribution is 6.68. The van der Waals surface area contributed by atoms with E-state index in [4.69, 9.17) is 9.31 Å². The Morgan fingerprint density at radius 1 is 1.05 bits per heavy atom. The Kier molecular flexibility index (Phi) is 7.75. The van der Waals surface area contributed by atoms with Gasteiger partial charge in [0, 0.05) is 12.6 Å². The second-order valence-corrected chi connectivity index (χ2v) is 12.0. The molecule has 3 fully saturated rings. The summed E-state index contributed by atoms with van der Waals surface area (Å²) in [6.45, 7) is 3.51. The number of hydrogen-bond acceptors (Lipinski definition) is 9. The van der Waals surface area contributed by atoms with Gasteiger partial charge in [-0.3, -0.25) is 9.59 Å². The molecule has 41 heavy (non-hydrogen) atoms. The second kappa shape index (κ2) is 11.0. The summed E-state index contributed by atoms with van der Waals surface area (Å²) in [6.07, 6.45) is -0.934. The van der Waals surface area contributed by atoms with Gasteiger partial charge in [0.1, 0.15) is 11.7 Å². The third kappa shape index (κ3) is 4.94. The van der Waals surface area contributed by atoms with Gasteiger partial charge in [-0.05, 0) is 37.2 Å². The molecule has 218 valence electrons. The number of quaternary nitrogens is 1. The molecule has 4 heterocycles. The predicted octanol–water partition coefficient (Wildman–Crippen LogP) is 1.44. The minimum Gasteiger partial charge on any atom is -0.600 e. The molecule has 3 saturated heterocycles. The first-order chi connectivity index (χ1) is 19.5. The number of ketones is 1. The summed E-state index contributed by atoms with van der Waals surface area (Å²) in [5.74, 6) is -2.52. The first-order valence-electron chi connectivity index (χ1n) is 14.2. The molecule has 5 rings (SSSR count). The largest absolute Gasteiger partial charge is 0.600 e. The molecule has 11 nitrogen and oxygen atoms in total. The summed E-state index contributed by atoms with van der Waals surface area (Å²) < 4.78 is 11.9. The van der Waals surface area contributed by atoms with Crippen LogP contribution < -0.4 is 10.6 Å². The van der Waals surface area contributed by atoms with Crippen molar-refractivity contribution in [2.75, 3.05) is 20.1 Å². The highest BCUT2D eigenvalue weighted by atomic mass is 16.7. The fourth-order valence-electron chi connectivity index (χ4n) is 6.89. The molecular weight excluding hydrogens is 527 g/mol. The number of nitrogens with zero attached hydrogens (tertiary/aromatic N) is 2. The maximum Gasteiger partial charge on any atom is 0.587 e. The Labute approximate surface area is 239 Å². The fraction of sp³-hybridized carbons (Fsp3) is 0.483. The van der Waals surface area contributed by atoms with E-state index in [1.54, 1.807) is 18.2 Å². The zero-order chi connectivity index (χ0) is 29.5. The van der Waals surface area contributed by atoms with Crippen LogP contribution in [0.4, 0.5) is 0 Å². The number of Topliss-reactive ketones (excluding diaryl/α,β-unsaturated/α-hetero) is 1. The van der Waals surface area contributed by atoms with E-state index in [0.29, 0.717) is 25.2 Å². The van der Waals surface area contributed by atoms with Crippen LogP contribution in [0.2, 0.25) is 5.82 Å². The Bertz CT molecular complexity index is 1330. The van der Waals surface area contributed by atoms with Gasteiger partial charge < -0.3 is 29.4 Å². The van der Waals surface area contributed by atoms with Gasteiger partial charge in [0.15, 0.2) is 17.9 Å². The zero-order valence-electron chi connectivity index (χ0n) is 23.8. The van der Waals surface area contributed by atoms with Crippen LogP contribution in [0, 0.1) is 5.92 Å². The van der Waals surface area contributed by atoms with Crippen molar-refractivity contribution in [2.45, 2.75) is 63.7 Å². The molecule has 1 amide bonds. The van der Waals surface area contributed by atoms with Crippen molar-refractivity contribution < 1.29 is 38.0 Å². The quantitative estimate of drug-likeness (QED) is 0.365. The van der Waals surface area contributed by atoms with E-state index in [2.05, 4.69) is 15.6 Å². The van der Waals surface area contributed by atoms with Crippen LogP contribution in [0.15, 0.2) is 48.5 Å². The number of carbonyl (C=O) groups excluding carboxylic acids is 4. The molecule has 0 bridgehead atoms. The molecule has 5 atom stereocenters. The maximum absolute atomic E-state index is 13.8. The minimum atomic E-state index is -2.56. The molecule has 3 aliphatic heterocycles. The van der Waals surface area contributed by atoms with Gasteiger partial charge in [0.2, 0.25) is 0 Å². The Morgan fingerprint density at radius 3 is 2.27 bits per heavy atom. The average Bonchev–Trinajstić information content (AvgIpc) is 3.31. The summed E-state index contributed by atoms with van der Waals surface area (Å²) in [5, 5.41) is 16.4. The molecule has 0 radical (unpaired) electrons. The van der Waals surface area contributed by atoms with Crippen molar-refractivity contribution in [1.29, 1.82) is 0 Å². The predicted molar refractivity (Wildman–Crippen MR) is 150 cm³/mol. The van der Waals surface area contributed by atoms with E-state index in [-0.39, 0.29) is 22.4 Å². The number of likely N-dealkylation sites (N-methyl/N-ethyl adjacent to an activating group) is 1. The first-order valence-corrected chi connectivity index (χ1v) is 14.2. The van der Waals surface area contributed by atoms with E-state index in [1.807, 2.05) is 51.2 Å². The molecule has 0 aliphatic carbocycles. The topological polar surface area (TPSA) is 144 Å². The number of nitrogens with one attached hydrogen (secondary N) is 2. The zero-order valence-corrected chi connectivity index (χ0v) is 23.8. The Morgan fingerprint density at radius 2 is 1.68 bits per heavy atom. The lowest BCUT2D eigenvalue weighted by molar-refractivity contribution is -0.846. The van der Waals surface area contributed by atoms with Crippen molar-refractivity contribution in [3.63, 3.8) is 0 Å². The van der Waals surface area contributed by atoms with Crippen LogP contribution in [-0.2, 0) is 23.7 Å². The van der Waals surface area contributed by atoms with Gasteiger partial charge in [-0.15, -0.1) is 0 Å². The van der Waals surface area contributed by atoms with Gasteiger partial charge in [0.25, 0.3) is 5.91 Å². The van der Waals surface area contributed by atoms with E-state index < -0.39 is 60.4 Å². The summed E-state index contributed by atoms with van der Waals surface area (Å²) in [5.41, 5.74) is 1.53. The molecule has 3 N–H and O–H groups in total. The van der Waals surface area contributed by atoms with Crippen molar-refractivity contribution in [3.05, 3.63) is 54.2 Å². The van der Waals surface area contributed by atoms with E-state index in [9.17, 15) is 24.3 Å². The van der Waals surface area contributed by atoms with Crippen LogP contribution >= 0.6 is 0 Å². The van der Waals surface area contributed by atoms with E-state index in [0.717, 1.165) is 5.56 Å². The molecule has 1 aromatic heterocycles. The lowest BCUT2D eigenvalue weighted by Crippen LogP contribution is -2.74. The number of aliphatic hydroxyl groups is 1. The monoisotopic (exact) mass is 564 g/mol. The fourth-order valence-corrected chi connectivity index (χ4v) is 6.89. The first kappa shape index (κ1) is 28.9. The van der Waals surface area contributed by atoms with Crippen LogP contribution in [0.25, 0.3) is 11.3 Å². The number of aliphatic hydroxyl groups excluding tert-OH is 1. The third-order valence-electron chi connectivity index (χ3n) is 8.91. The number of hydrogen-bond donors (Lipinski definition) is 3. The average molecular weight is 564 g/mol. The van der Waals surface area contributed by atoms with Gasteiger partial charge in [-0.25, -0.2) is 14.6 Å². The highest BCUT2D eigenvalue weighted by Crippen LogP contribution is 2.51. The number of piperazine rings is 1. The van der Waals surface area contributed by atoms with Gasteiger partial charge >= 0.3 is 18.6 Å². The van der Waals surface area contributed by atoms with Crippen molar-refractivity contribution in [3.8, 4) is 11.3 Å². The molecule has 1 aromatic carbocycles. The van der Waals surface area contributed by atoms with Crippen molar-refractivity contribution in [2.24, 2.45) is 5.92 Å². The number of amides is 1. The number of carbonyl (C=O) groups is 4. The molecule has 12 heteroatoms. The number of rotatable bonds is 10. The standard InChI is InChI=1S/C29H37BN4O7/c1-17(2)13-20(30-34(4)23(28(38)40-30)15-31-16-24(34)29(39)41-30)14-25(36)26(18(3)35)33-27(37)22-12-8-11-21(32-22)19-9-6-5-7-10-19/h5-12,17-18,20,23-24,26,31,35H,13-16H2,1-4H3,(H,33,37)/t18-,20-,23-,24-,26+,30?,34?/m1/s1. The van der Waals surface area contributed by atoms with E-state index in [1.165, 1.54) is 6.92 Å². The second-order valence-electron chi connectivity index (χ2n) is 12.0. The summed E-state index contributed by atoms with van der Waals surface area (Å²) in [6, 6.07) is 11.9. The van der Waals surface area contributed by atoms with Gasteiger partial charge in [-0.2, -0.15) is 0 Å². The van der Waals surface area contributed by atoms with Crippen LogP contribution in [0.3, 0.4) is 0 Å². The highest BCUT2D eigenvalue weighted by Gasteiger charge is 2.76. The Hall–Kier alpha value is -3.61. The summed E-state index contributed by atoms with van der Waals surface area (Å²) in [7, 11) is 1.81. The van der Waals surface area contributed by atoms with E-state index >= 15 is 0 Å². The summed E-state index contributed by atoms with van der Waals surface area (Å²) >= 11 is 0. The minimum absolute atomic E-state index is 0.0166.